The Morgan fingerprint density at radius 3 is 2.20 bits per heavy atom. The van der Waals surface area contributed by atoms with Gasteiger partial charge in [-0.3, -0.25) is 0 Å². The van der Waals surface area contributed by atoms with Crippen molar-refractivity contribution >= 4 is 0 Å². The Bertz CT molecular complexity index is 442. The van der Waals surface area contributed by atoms with Crippen molar-refractivity contribution in [3.05, 3.63) is 48.3 Å². The third-order valence-electron chi connectivity index (χ3n) is 2.14. The summed E-state index contributed by atoms with van der Waals surface area (Å²) in [6.07, 6.45) is -1.98. The van der Waals surface area contributed by atoms with Crippen LogP contribution in [0.3, 0.4) is 0 Å². The Morgan fingerprint density at radius 2 is 1.60 bits per heavy atom. The fraction of sp³-hybridized carbons (Fsp3) is 0.0909. The number of H-pyrrole nitrogens is 1. The second-order valence-corrected chi connectivity index (χ2v) is 3.15. The van der Waals surface area contributed by atoms with E-state index in [-0.39, 0.29) is 5.56 Å². The standard InChI is InChI=1S/C11H8F3N/c12-11(13,14)10-7-15-6-9(10)8-4-2-1-3-5-8/h1-7,15H. The van der Waals surface area contributed by atoms with Crippen LogP contribution in [0.25, 0.3) is 11.1 Å². The third-order valence-corrected chi connectivity index (χ3v) is 2.14. The summed E-state index contributed by atoms with van der Waals surface area (Å²) in [7, 11) is 0. The van der Waals surface area contributed by atoms with Gasteiger partial charge in [-0.15, -0.1) is 0 Å². The highest BCUT2D eigenvalue weighted by molar-refractivity contribution is 5.67. The van der Waals surface area contributed by atoms with Gasteiger partial charge in [-0.1, -0.05) is 30.3 Å². The molecule has 15 heavy (non-hydrogen) atoms. The lowest BCUT2D eigenvalue weighted by Gasteiger charge is -2.07. The minimum absolute atomic E-state index is 0.183. The first-order chi connectivity index (χ1) is 7.09. The summed E-state index contributed by atoms with van der Waals surface area (Å²) in [5, 5.41) is 0. The van der Waals surface area contributed by atoms with Crippen molar-refractivity contribution in [1.82, 2.24) is 4.98 Å². The number of hydrogen-bond acceptors (Lipinski definition) is 0. The summed E-state index contributed by atoms with van der Waals surface area (Å²) < 4.78 is 37.6. The van der Waals surface area contributed by atoms with Gasteiger partial charge >= 0.3 is 6.18 Å². The lowest BCUT2D eigenvalue weighted by Crippen LogP contribution is -2.04. The van der Waals surface area contributed by atoms with E-state index >= 15 is 0 Å². The molecule has 4 heteroatoms. The lowest BCUT2D eigenvalue weighted by atomic mass is 10.0. The van der Waals surface area contributed by atoms with Crippen LogP contribution in [0, 0.1) is 0 Å². The van der Waals surface area contributed by atoms with Gasteiger partial charge in [0.15, 0.2) is 0 Å². The zero-order valence-corrected chi connectivity index (χ0v) is 7.68. The SMILES string of the molecule is FC(F)(F)c1c[nH]cc1-c1ccccc1. The summed E-state index contributed by atoms with van der Waals surface area (Å²) in [6, 6.07) is 8.49. The maximum Gasteiger partial charge on any atom is 0.418 e. The van der Waals surface area contributed by atoms with Crippen LogP contribution in [0.5, 0.6) is 0 Å². The van der Waals surface area contributed by atoms with Crippen LogP contribution < -0.4 is 0 Å². The first-order valence-electron chi connectivity index (χ1n) is 4.38. The van der Waals surface area contributed by atoms with Crippen LogP contribution in [-0.4, -0.2) is 4.98 Å². The van der Waals surface area contributed by atoms with Crippen LogP contribution in [0.15, 0.2) is 42.7 Å². The van der Waals surface area contributed by atoms with Gasteiger partial charge < -0.3 is 4.98 Å². The molecule has 1 heterocycles. The van der Waals surface area contributed by atoms with Crippen LogP contribution in [0.1, 0.15) is 5.56 Å². The van der Waals surface area contributed by atoms with E-state index in [4.69, 9.17) is 0 Å². The summed E-state index contributed by atoms with van der Waals surface area (Å²) in [4.78, 5) is 2.48. The molecule has 1 nitrogen and oxygen atoms in total. The highest BCUT2D eigenvalue weighted by Crippen LogP contribution is 2.36. The summed E-state index contributed by atoms with van der Waals surface area (Å²) in [5.41, 5.74) is 0.114. The van der Waals surface area contributed by atoms with Gasteiger partial charge in [0.05, 0.1) is 5.56 Å². The van der Waals surface area contributed by atoms with E-state index in [0.717, 1.165) is 6.20 Å². The van der Waals surface area contributed by atoms with Gasteiger partial charge in [-0.05, 0) is 5.56 Å². The lowest BCUT2D eigenvalue weighted by molar-refractivity contribution is -0.137. The molecular formula is C11H8F3N. The monoisotopic (exact) mass is 211 g/mol. The Balaban J connectivity index is 2.51. The molecule has 0 saturated carbocycles. The Kier molecular flexibility index (Phi) is 2.26. The zero-order valence-electron chi connectivity index (χ0n) is 7.68. The third kappa shape index (κ3) is 1.88. The van der Waals surface area contributed by atoms with E-state index in [1.54, 1.807) is 30.3 Å². The Labute approximate surface area is 84.6 Å². The fourth-order valence-electron chi connectivity index (χ4n) is 1.45. The van der Waals surface area contributed by atoms with E-state index in [1.165, 1.54) is 6.20 Å². The smallest absolute Gasteiger partial charge is 0.366 e. The van der Waals surface area contributed by atoms with Crippen LogP contribution in [-0.2, 0) is 6.18 Å². The van der Waals surface area contributed by atoms with Gasteiger partial charge in [-0.25, -0.2) is 0 Å². The molecule has 0 bridgehead atoms. The average Bonchev–Trinajstić information content (AvgIpc) is 2.67. The molecule has 0 aliphatic heterocycles. The molecule has 0 atom stereocenters. The van der Waals surface area contributed by atoms with E-state index in [1.807, 2.05) is 0 Å². The van der Waals surface area contributed by atoms with Gasteiger partial charge in [0.25, 0.3) is 0 Å². The average molecular weight is 211 g/mol. The molecule has 0 amide bonds. The van der Waals surface area contributed by atoms with Crippen LogP contribution in [0.4, 0.5) is 13.2 Å². The number of alkyl halides is 3. The predicted molar refractivity (Wildman–Crippen MR) is 51.2 cm³/mol. The van der Waals surface area contributed by atoms with E-state index in [2.05, 4.69) is 4.98 Å². The first-order valence-corrected chi connectivity index (χ1v) is 4.38. The minimum Gasteiger partial charge on any atom is -0.366 e. The van der Waals surface area contributed by atoms with Crippen molar-refractivity contribution < 1.29 is 13.2 Å². The predicted octanol–water partition coefficient (Wildman–Crippen LogP) is 3.70. The Morgan fingerprint density at radius 1 is 0.933 bits per heavy atom. The van der Waals surface area contributed by atoms with Gasteiger partial charge in [0.1, 0.15) is 0 Å². The summed E-state index contributed by atoms with van der Waals surface area (Å²) in [6.45, 7) is 0. The number of hydrogen-bond donors (Lipinski definition) is 1. The van der Waals surface area contributed by atoms with Gasteiger partial charge in [0, 0.05) is 18.0 Å². The van der Waals surface area contributed by atoms with Crippen molar-refractivity contribution in [2.75, 3.05) is 0 Å². The highest BCUT2D eigenvalue weighted by Gasteiger charge is 2.34. The largest absolute Gasteiger partial charge is 0.418 e. The van der Waals surface area contributed by atoms with Gasteiger partial charge in [0.2, 0.25) is 0 Å². The number of nitrogens with one attached hydrogen (secondary N) is 1. The molecule has 2 rings (SSSR count). The molecule has 0 spiro atoms. The molecule has 0 saturated heterocycles. The minimum atomic E-state index is -4.31. The molecule has 1 N–H and O–H groups in total. The summed E-state index contributed by atoms with van der Waals surface area (Å²) >= 11 is 0. The van der Waals surface area contributed by atoms with Crippen molar-refractivity contribution in [2.45, 2.75) is 6.18 Å². The molecule has 0 aliphatic carbocycles. The molecular weight excluding hydrogens is 203 g/mol. The summed E-state index contributed by atoms with van der Waals surface area (Å²) in [5.74, 6) is 0. The number of aromatic amines is 1. The van der Waals surface area contributed by atoms with Crippen molar-refractivity contribution in [1.29, 1.82) is 0 Å². The second-order valence-electron chi connectivity index (χ2n) is 3.15. The number of rotatable bonds is 1. The quantitative estimate of drug-likeness (QED) is 0.740. The van der Waals surface area contributed by atoms with Crippen LogP contribution in [0.2, 0.25) is 0 Å². The molecule has 0 fully saturated rings. The number of halogens is 3. The second kappa shape index (κ2) is 3.46. The maximum atomic E-state index is 12.5. The molecule has 1 aromatic carbocycles. The highest BCUT2D eigenvalue weighted by atomic mass is 19.4. The maximum absolute atomic E-state index is 12.5. The van der Waals surface area contributed by atoms with E-state index in [0.29, 0.717) is 5.56 Å². The Hall–Kier alpha value is -1.71. The number of aromatic nitrogens is 1. The van der Waals surface area contributed by atoms with Crippen molar-refractivity contribution in [2.24, 2.45) is 0 Å². The first kappa shape index (κ1) is 9.83. The van der Waals surface area contributed by atoms with E-state index in [9.17, 15) is 13.2 Å². The number of benzene rings is 1. The van der Waals surface area contributed by atoms with Crippen molar-refractivity contribution in [3.63, 3.8) is 0 Å². The fourth-order valence-corrected chi connectivity index (χ4v) is 1.45. The van der Waals surface area contributed by atoms with E-state index < -0.39 is 11.7 Å². The molecule has 2 aromatic rings. The molecule has 0 unspecified atom stereocenters. The van der Waals surface area contributed by atoms with Gasteiger partial charge in [-0.2, -0.15) is 13.2 Å². The molecule has 0 aliphatic rings. The topological polar surface area (TPSA) is 15.8 Å². The zero-order chi connectivity index (χ0) is 10.9. The molecule has 1 aromatic heterocycles. The van der Waals surface area contributed by atoms with Crippen molar-refractivity contribution in [3.8, 4) is 11.1 Å². The van der Waals surface area contributed by atoms with Crippen LogP contribution >= 0.6 is 0 Å². The molecule has 78 valence electrons. The normalized spacial score (nSPS) is 11.7. The molecule has 0 radical (unpaired) electrons.